The molecule has 2 heterocycles. The zero-order valence-electron chi connectivity index (χ0n) is 12.5. The van der Waals surface area contributed by atoms with Crippen LogP contribution in [-0.2, 0) is 20.6 Å². The van der Waals surface area contributed by atoms with Gasteiger partial charge in [-0.1, -0.05) is 11.6 Å². The van der Waals surface area contributed by atoms with Crippen LogP contribution < -0.4 is 5.56 Å². The normalized spacial score (nSPS) is 13.1. The van der Waals surface area contributed by atoms with Crippen LogP contribution in [0.2, 0.25) is 5.02 Å². The summed E-state index contributed by atoms with van der Waals surface area (Å²) in [6.45, 7) is 0. The maximum absolute atomic E-state index is 13.2. The largest absolute Gasteiger partial charge is 0.305 e. The molecule has 1 unspecified atom stereocenters. The maximum atomic E-state index is 13.2. The van der Waals surface area contributed by atoms with Crippen LogP contribution in [0.3, 0.4) is 0 Å². The number of benzene rings is 1. The molecule has 0 radical (unpaired) electrons. The van der Waals surface area contributed by atoms with Crippen molar-refractivity contribution in [2.45, 2.75) is 14.9 Å². The van der Waals surface area contributed by atoms with Gasteiger partial charge in [0.2, 0.25) is 15.0 Å². The zero-order valence-corrected chi connectivity index (χ0v) is 14.9. The molecule has 0 spiro atoms. The van der Waals surface area contributed by atoms with Gasteiger partial charge in [-0.05, 0) is 24.3 Å². The molecule has 2 aromatic heterocycles. The molecule has 0 fully saturated rings. The third kappa shape index (κ3) is 3.20. The van der Waals surface area contributed by atoms with Crippen molar-refractivity contribution < 1.29 is 17.0 Å². The number of nitrogens with zero attached hydrogens (tertiary/aromatic N) is 2. The van der Waals surface area contributed by atoms with Crippen molar-refractivity contribution in [3.05, 3.63) is 51.7 Å². The molecule has 1 atom stereocenters. The van der Waals surface area contributed by atoms with Gasteiger partial charge in [0.05, 0.1) is 20.7 Å². The van der Waals surface area contributed by atoms with Crippen molar-refractivity contribution in [2.75, 3.05) is 6.26 Å². The van der Waals surface area contributed by atoms with Gasteiger partial charge in [0.25, 0.3) is 5.56 Å². The van der Waals surface area contributed by atoms with Gasteiger partial charge in [-0.25, -0.2) is 22.8 Å². The van der Waals surface area contributed by atoms with Crippen LogP contribution in [0.5, 0.6) is 0 Å². The van der Waals surface area contributed by atoms with Gasteiger partial charge in [0, 0.05) is 17.8 Å². The molecule has 1 N–H and O–H groups in total. The molecule has 0 amide bonds. The maximum Gasteiger partial charge on any atom is 0.268 e. The molecule has 7 nitrogen and oxygen atoms in total. The van der Waals surface area contributed by atoms with E-state index < -0.39 is 36.9 Å². The number of aromatic amines is 1. The van der Waals surface area contributed by atoms with E-state index in [1.807, 2.05) is 0 Å². The summed E-state index contributed by atoms with van der Waals surface area (Å²) in [7, 11) is -5.70. The number of rotatable bonds is 3. The first-order chi connectivity index (χ1) is 11.7. The number of hydrogen-bond acceptors (Lipinski definition) is 6. The van der Waals surface area contributed by atoms with Gasteiger partial charge in [-0.2, -0.15) is 0 Å². The molecule has 25 heavy (non-hydrogen) atoms. The summed E-state index contributed by atoms with van der Waals surface area (Å²) in [6.07, 6.45) is 2.63. The van der Waals surface area contributed by atoms with E-state index in [4.69, 9.17) is 11.6 Å². The first-order valence-corrected chi connectivity index (χ1v) is 10.1. The number of pyridine rings is 1. The second-order valence-electron chi connectivity index (χ2n) is 4.95. The number of sulfone groups is 1. The SMILES string of the molecule is CS(=O)c1ncc2cc(S(=O)(=O)c3ccc(F)c(Cl)c3)c(=O)[nH]c2n1. The number of halogens is 2. The van der Waals surface area contributed by atoms with E-state index >= 15 is 0 Å². The molecular weight excluding hydrogens is 393 g/mol. The Morgan fingerprint density at radius 2 is 2.00 bits per heavy atom. The Balaban J connectivity index is 2.22. The van der Waals surface area contributed by atoms with Crippen molar-refractivity contribution in [3.63, 3.8) is 0 Å². The molecule has 11 heteroatoms. The van der Waals surface area contributed by atoms with E-state index in [9.17, 15) is 21.8 Å². The van der Waals surface area contributed by atoms with Crippen LogP contribution in [0.15, 0.2) is 50.2 Å². The first-order valence-electron chi connectivity index (χ1n) is 6.64. The smallest absolute Gasteiger partial charge is 0.268 e. The fraction of sp³-hybridized carbons (Fsp3) is 0.0714. The van der Waals surface area contributed by atoms with Crippen molar-refractivity contribution in [1.82, 2.24) is 15.0 Å². The number of fused-ring (bicyclic) bond motifs is 1. The number of aromatic nitrogens is 3. The fourth-order valence-corrected chi connectivity index (χ4v) is 4.08. The van der Waals surface area contributed by atoms with E-state index in [-0.39, 0.29) is 26.1 Å². The first kappa shape index (κ1) is 17.6. The molecule has 130 valence electrons. The highest BCUT2D eigenvalue weighted by Gasteiger charge is 2.23. The highest BCUT2D eigenvalue weighted by Crippen LogP contribution is 2.24. The Morgan fingerprint density at radius 3 is 2.64 bits per heavy atom. The quantitative estimate of drug-likeness (QED) is 0.528. The Morgan fingerprint density at radius 1 is 1.28 bits per heavy atom. The third-order valence-electron chi connectivity index (χ3n) is 3.29. The summed E-state index contributed by atoms with van der Waals surface area (Å²) in [5.74, 6) is -0.776. The third-order valence-corrected chi connectivity index (χ3v) is 6.04. The topological polar surface area (TPSA) is 110 Å². The lowest BCUT2D eigenvalue weighted by atomic mass is 10.3. The van der Waals surface area contributed by atoms with Gasteiger partial charge in [0.1, 0.15) is 16.4 Å². The van der Waals surface area contributed by atoms with Gasteiger partial charge >= 0.3 is 0 Å². The Hall–Kier alpha value is -2.17. The van der Waals surface area contributed by atoms with E-state index in [1.165, 1.54) is 12.5 Å². The average Bonchev–Trinajstić information content (AvgIpc) is 2.55. The number of nitrogens with one attached hydrogen (secondary N) is 1. The summed E-state index contributed by atoms with van der Waals surface area (Å²) in [5.41, 5.74) is -0.860. The highest BCUT2D eigenvalue weighted by atomic mass is 35.5. The minimum Gasteiger partial charge on any atom is -0.305 e. The Kier molecular flexibility index (Phi) is 4.43. The molecule has 3 aromatic rings. The predicted molar refractivity (Wildman–Crippen MR) is 89.4 cm³/mol. The van der Waals surface area contributed by atoms with Crippen LogP contribution in [0, 0.1) is 5.82 Å². The van der Waals surface area contributed by atoms with Crippen LogP contribution >= 0.6 is 11.6 Å². The fourth-order valence-electron chi connectivity index (χ4n) is 2.07. The summed E-state index contributed by atoms with van der Waals surface area (Å²) in [4.78, 5) is 21.4. The summed E-state index contributed by atoms with van der Waals surface area (Å²) < 4.78 is 49.9. The molecule has 0 saturated heterocycles. The van der Waals surface area contributed by atoms with Gasteiger partial charge < -0.3 is 4.98 Å². The van der Waals surface area contributed by atoms with Crippen LogP contribution in [-0.4, -0.2) is 33.8 Å². The van der Waals surface area contributed by atoms with Crippen molar-refractivity contribution in [2.24, 2.45) is 0 Å². The molecule has 0 saturated carbocycles. The van der Waals surface area contributed by atoms with E-state index in [2.05, 4.69) is 15.0 Å². The van der Waals surface area contributed by atoms with Crippen LogP contribution in [0.4, 0.5) is 4.39 Å². The Labute approximate surface area is 148 Å². The minimum absolute atomic E-state index is 0.00377. The Bertz CT molecular complexity index is 1190. The predicted octanol–water partition coefficient (Wildman–Crippen LogP) is 1.68. The minimum atomic E-state index is -4.24. The molecule has 1 aromatic carbocycles. The van der Waals surface area contributed by atoms with Crippen molar-refractivity contribution >= 4 is 43.3 Å². The average molecular weight is 402 g/mol. The molecule has 0 aliphatic rings. The molecule has 0 aliphatic heterocycles. The molecule has 3 rings (SSSR count). The van der Waals surface area contributed by atoms with Gasteiger partial charge in [-0.15, -0.1) is 0 Å². The lowest BCUT2D eigenvalue weighted by molar-refractivity contribution is 0.593. The van der Waals surface area contributed by atoms with Gasteiger partial charge in [0.15, 0.2) is 0 Å². The monoisotopic (exact) mass is 401 g/mol. The second kappa shape index (κ2) is 6.28. The summed E-state index contributed by atoms with van der Waals surface area (Å²) >= 11 is 5.62. The van der Waals surface area contributed by atoms with E-state index in [1.54, 1.807) is 0 Å². The number of H-pyrrole nitrogens is 1. The van der Waals surface area contributed by atoms with E-state index in [0.717, 1.165) is 24.3 Å². The molecule has 0 aliphatic carbocycles. The lowest BCUT2D eigenvalue weighted by Gasteiger charge is -2.06. The number of hydrogen-bond donors (Lipinski definition) is 1. The van der Waals surface area contributed by atoms with Crippen molar-refractivity contribution in [3.8, 4) is 0 Å². The van der Waals surface area contributed by atoms with Crippen molar-refractivity contribution in [1.29, 1.82) is 0 Å². The standard InChI is InChI=1S/C14H9ClFN3O4S2/c1-24(21)14-17-6-7-4-11(13(20)18-12(7)19-14)25(22,23)8-2-3-10(16)9(15)5-8/h2-6H,1H3,(H,17,18,19,20). The lowest BCUT2D eigenvalue weighted by Crippen LogP contribution is -2.18. The molecular formula is C14H9ClFN3O4S2. The van der Waals surface area contributed by atoms with Crippen LogP contribution in [0.1, 0.15) is 0 Å². The molecule has 0 bridgehead atoms. The summed E-state index contributed by atoms with van der Waals surface area (Å²) in [5, 5.41) is -0.138. The zero-order chi connectivity index (χ0) is 18.4. The highest BCUT2D eigenvalue weighted by molar-refractivity contribution is 7.91. The second-order valence-corrected chi connectivity index (χ2v) is 8.55. The van der Waals surface area contributed by atoms with Gasteiger partial charge in [-0.3, -0.25) is 9.00 Å². The van der Waals surface area contributed by atoms with E-state index in [0.29, 0.717) is 0 Å². The van der Waals surface area contributed by atoms with Crippen LogP contribution in [0.25, 0.3) is 11.0 Å². The summed E-state index contributed by atoms with van der Waals surface area (Å²) in [6, 6.07) is 3.94.